The van der Waals surface area contributed by atoms with E-state index in [0.717, 1.165) is 31.0 Å². The van der Waals surface area contributed by atoms with Gasteiger partial charge in [-0.25, -0.2) is 9.97 Å². The Labute approximate surface area is 121 Å². The van der Waals surface area contributed by atoms with Crippen molar-refractivity contribution in [2.45, 2.75) is 37.8 Å². The molecule has 0 saturated carbocycles. The summed E-state index contributed by atoms with van der Waals surface area (Å²) >= 11 is 0. The smallest absolute Gasteiger partial charge is 0.132 e. The third-order valence-corrected chi connectivity index (χ3v) is 4.53. The molecule has 0 bridgehead atoms. The first kappa shape index (κ1) is 13.8. The first-order valence-electron chi connectivity index (χ1n) is 7.59. The lowest BCUT2D eigenvalue weighted by Gasteiger charge is -2.35. The van der Waals surface area contributed by atoms with Crippen LogP contribution >= 0.6 is 0 Å². The van der Waals surface area contributed by atoms with Gasteiger partial charge in [0.1, 0.15) is 12.1 Å². The quantitative estimate of drug-likeness (QED) is 0.843. The molecule has 0 amide bonds. The van der Waals surface area contributed by atoms with Crippen molar-refractivity contribution in [2.75, 3.05) is 38.7 Å². The lowest BCUT2D eigenvalue weighted by molar-refractivity contribution is 0.108. The highest BCUT2D eigenvalue weighted by Crippen LogP contribution is 2.29. The van der Waals surface area contributed by atoms with E-state index in [-0.39, 0.29) is 6.10 Å². The Balaban J connectivity index is 1.71. The summed E-state index contributed by atoms with van der Waals surface area (Å²) in [5, 5.41) is 0. The molecular weight excluding hydrogens is 252 g/mol. The van der Waals surface area contributed by atoms with Crippen molar-refractivity contribution in [1.82, 2.24) is 14.9 Å². The number of likely N-dealkylation sites (tertiary alicyclic amines) is 1. The van der Waals surface area contributed by atoms with Gasteiger partial charge in [-0.05, 0) is 45.8 Å². The van der Waals surface area contributed by atoms with Crippen LogP contribution in [0.5, 0.6) is 0 Å². The molecule has 0 spiro atoms. The summed E-state index contributed by atoms with van der Waals surface area (Å²) in [7, 11) is 4.34. The molecule has 3 rings (SSSR count). The molecule has 2 aliphatic rings. The number of rotatable bonds is 3. The standard InChI is InChI=1S/C15H24N4O/c1-18-7-5-12(6-8-18)19(2)15-10-13(16-11-17-15)14-4-3-9-20-14/h10-12,14H,3-9H2,1-2H3. The maximum Gasteiger partial charge on any atom is 0.132 e. The highest BCUT2D eigenvalue weighted by molar-refractivity contribution is 5.40. The molecule has 2 fully saturated rings. The van der Waals surface area contributed by atoms with E-state index in [2.05, 4.69) is 39.9 Å². The van der Waals surface area contributed by atoms with Crippen molar-refractivity contribution >= 4 is 5.82 Å². The topological polar surface area (TPSA) is 41.5 Å². The van der Waals surface area contributed by atoms with Crippen LogP contribution in [0.4, 0.5) is 5.82 Å². The second-order valence-corrected chi connectivity index (χ2v) is 5.95. The number of aromatic nitrogens is 2. The Bertz CT molecular complexity index is 439. The van der Waals surface area contributed by atoms with Gasteiger partial charge in [0.25, 0.3) is 0 Å². The van der Waals surface area contributed by atoms with Gasteiger partial charge in [-0.15, -0.1) is 0 Å². The second-order valence-electron chi connectivity index (χ2n) is 5.95. The summed E-state index contributed by atoms with van der Waals surface area (Å²) in [5.41, 5.74) is 1.03. The zero-order valence-corrected chi connectivity index (χ0v) is 12.5. The third-order valence-electron chi connectivity index (χ3n) is 4.53. The van der Waals surface area contributed by atoms with Crippen molar-refractivity contribution in [3.63, 3.8) is 0 Å². The van der Waals surface area contributed by atoms with Crippen molar-refractivity contribution in [2.24, 2.45) is 0 Å². The van der Waals surface area contributed by atoms with E-state index < -0.39 is 0 Å². The molecular formula is C15H24N4O. The van der Waals surface area contributed by atoms with Crippen molar-refractivity contribution in [3.8, 4) is 0 Å². The molecule has 0 radical (unpaired) electrons. The van der Waals surface area contributed by atoms with E-state index in [0.29, 0.717) is 6.04 Å². The van der Waals surface area contributed by atoms with Crippen LogP contribution in [0.2, 0.25) is 0 Å². The average molecular weight is 276 g/mol. The molecule has 5 heteroatoms. The van der Waals surface area contributed by atoms with E-state index >= 15 is 0 Å². The predicted molar refractivity (Wildman–Crippen MR) is 78.9 cm³/mol. The van der Waals surface area contributed by atoms with Crippen molar-refractivity contribution < 1.29 is 4.74 Å². The first-order valence-corrected chi connectivity index (χ1v) is 7.59. The number of piperidine rings is 1. The SMILES string of the molecule is CN1CCC(N(C)c2cc(C3CCCO3)ncn2)CC1. The van der Waals surface area contributed by atoms with E-state index in [1.165, 1.54) is 25.9 Å². The number of hydrogen-bond acceptors (Lipinski definition) is 5. The fraction of sp³-hybridized carbons (Fsp3) is 0.733. The largest absolute Gasteiger partial charge is 0.372 e. The van der Waals surface area contributed by atoms with Gasteiger partial charge < -0.3 is 14.5 Å². The maximum atomic E-state index is 5.72. The van der Waals surface area contributed by atoms with E-state index in [1.807, 2.05) is 0 Å². The molecule has 0 N–H and O–H groups in total. The van der Waals surface area contributed by atoms with Gasteiger partial charge in [-0.3, -0.25) is 0 Å². The maximum absolute atomic E-state index is 5.72. The van der Waals surface area contributed by atoms with Gasteiger partial charge in [0.05, 0.1) is 11.8 Å². The van der Waals surface area contributed by atoms with Crippen LogP contribution in [-0.2, 0) is 4.74 Å². The number of ether oxygens (including phenoxy) is 1. The van der Waals surface area contributed by atoms with Crippen LogP contribution in [0.1, 0.15) is 37.5 Å². The normalized spacial score (nSPS) is 25.0. The minimum absolute atomic E-state index is 0.169. The zero-order chi connectivity index (χ0) is 13.9. The van der Waals surface area contributed by atoms with E-state index in [9.17, 15) is 0 Å². The number of nitrogens with zero attached hydrogens (tertiary/aromatic N) is 4. The first-order chi connectivity index (χ1) is 9.74. The molecule has 20 heavy (non-hydrogen) atoms. The third kappa shape index (κ3) is 2.94. The minimum Gasteiger partial charge on any atom is -0.372 e. The second kappa shape index (κ2) is 6.06. The molecule has 2 aliphatic heterocycles. The van der Waals surface area contributed by atoms with Crippen LogP contribution < -0.4 is 4.90 Å². The zero-order valence-electron chi connectivity index (χ0n) is 12.5. The lowest BCUT2D eigenvalue weighted by Crippen LogP contribution is -2.42. The lowest BCUT2D eigenvalue weighted by atomic mass is 10.0. The fourth-order valence-electron chi connectivity index (χ4n) is 3.11. The Morgan fingerprint density at radius 2 is 2.05 bits per heavy atom. The monoisotopic (exact) mass is 276 g/mol. The summed E-state index contributed by atoms with van der Waals surface area (Å²) in [6.07, 6.45) is 6.46. The summed E-state index contributed by atoms with van der Waals surface area (Å²) in [5.74, 6) is 1.03. The molecule has 1 aromatic rings. The molecule has 1 atom stereocenters. The number of hydrogen-bond donors (Lipinski definition) is 0. The van der Waals surface area contributed by atoms with Gasteiger partial charge in [0.2, 0.25) is 0 Å². The highest BCUT2D eigenvalue weighted by Gasteiger charge is 2.24. The Kier molecular flexibility index (Phi) is 4.17. The van der Waals surface area contributed by atoms with Gasteiger partial charge in [-0.1, -0.05) is 0 Å². The Morgan fingerprint density at radius 3 is 2.75 bits per heavy atom. The molecule has 1 aromatic heterocycles. The van der Waals surface area contributed by atoms with E-state index in [4.69, 9.17) is 4.74 Å². The summed E-state index contributed by atoms with van der Waals surface area (Å²) < 4.78 is 5.72. The average Bonchev–Trinajstić information content (AvgIpc) is 3.02. The Hall–Kier alpha value is -1.20. The van der Waals surface area contributed by atoms with Crippen LogP contribution in [0.25, 0.3) is 0 Å². The Morgan fingerprint density at radius 1 is 1.25 bits per heavy atom. The molecule has 0 aliphatic carbocycles. The van der Waals surface area contributed by atoms with E-state index in [1.54, 1.807) is 6.33 Å². The van der Waals surface area contributed by atoms with Crippen LogP contribution in [0.3, 0.4) is 0 Å². The summed E-state index contributed by atoms with van der Waals surface area (Å²) in [4.78, 5) is 13.5. The van der Waals surface area contributed by atoms with Crippen LogP contribution in [0, 0.1) is 0 Å². The molecule has 5 nitrogen and oxygen atoms in total. The van der Waals surface area contributed by atoms with Crippen LogP contribution in [0.15, 0.2) is 12.4 Å². The van der Waals surface area contributed by atoms with Crippen molar-refractivity contribution in [1.29, 1.82) is 0 Å². The van der Waals surface area contributed by atoms with Gasteiger partial charge in [-0.2, -0.15) is 0 Å². The fourth-order valence-corrected chi connectivity index (χ4v) is 3.11. The molecule has 1 unspecified atom stereocenters. The summed E-state index contributed by atoms with van der Waals surface area (Å²) in [6.45, 7) is 3.19. The molecule has 3 heterocycles. The van der Waals surface area contributed by atoms with Crippen LogP contribution in [-0.4, -0.2) is 54.7 Å². The van der Waals surface area contributed by atoms with Gasteiger partial charge >= 0.3 is 0 Å². The summed E-state index contributed by atoms with van der Waals surface area (Å²) in [6, 6.07) is 2.69. The molecule has 110 valence electrons. The van der Waals surface area contributed by atoms with Gasteiger partial charge in [0, 0.05) is 25.8 Å². The molecule has 0 aromatic carbocycles. The van der Waals surface area contributed by atoms with Crippen molar-refractivity contribution in [3.05, 3.63) is 18.1 Å². The minimum atomic E-state index is 0.169. The van der Waals surface area contributed by atoms with Gasteiger partial charge in [0.15, 0.2) is 0 Å². The molecule has 2 saturated heterocycles. The number of anilines is 1. The highest BCUT2D eigenvalue weighted by atomic mass is 16.5. The predicted octanol–water partition coefficient (Wildman–Crippen LogP) is 1.86.